The van der Waals surface area contributed by atoms with Crippen molar-refractivity contribution in [3.8, 4) is 11.8 Å². The predicted molar refractivity (Wildman–Crippen MR) is 99.3 cm³/mol. The average Bonchev–Trinajstić information content (AvgIpc) is 2.69. The topological polar surface area (TPSA) is 97.1 Å². The molecule has 2 aromatic rings. The number of aromatic nitrogens is 2. The number of benzene rings is 1. The number of rotatable bonds is 5. The summed E-state index contributed by atoms with van der Waals surface area (Å²) in [5.41, 5.74) is 1.90. The molecule has 1 aliphatic rings. The maximum atomic E-state index is 13.0. The molecule has 9 heteroatoms. The van der Waals surface area contributed by atoms with Gasteiger partial charge in [-0.2, -0.15) is 4.98 Å². The highest BCUT2D eigenvalue weighted by atomic mass is 19.1. The molecular weight excluding hydrogens is 367 g/mol. The number of piperidine rings is 1. The standard InChI is InChI=1S/C19H21FN4O4/c1-12-17(27-16-7-9-24(10-8-16)19(25)26)21-11-22-18(12)28-23-13(2)14-3-5-15(20)6-4-14/h3-6,11,16H,7-10H2,1-2H3,(H,25,26). The molecule has 1 aromatic heterocycles. The second-order valence-electron chi connectivity index (χ2n) is 6.47. The summed E-state index contributed by atoms with van der Waals surface area (Å²) in [6.07, 6.45) is 1.47. The Morgan fingerprint density at radius 2 is 1.86 bits per heavy atom. The van der Waals surface area contributed by atoms with Crippen LogP contribution < -0.4 is 9.57 Å². The van der Waals surface area contributed by atoms with Crippen LogP contribution in [0.25, 0.3) is 0 Å². The Labute approximate surface area is 161 Å². The van der Waals surface area contributed by atoms with Crippen molar-refractivity contribution in [2.45, 2.75) is 32.8 Å². The summed E-state index contributed by atoms with van der Waals surface area (Å²) in [5, 5.41) is 13.1. The number of hydrogen-bond donors (Lipinski definition) is 1. The van der Waals surface area contributed by atoms with Gasteiger partial charge in [-0.05, 0) is 31.5 Å². The van der Waals surface area contributed by atoms with Gasteiger partial charge in [0.05, 0.1) is 11.3 Å². The first-order valence-electron chi connectivity index (χ1n) is 8.87. The van der Waals surface area contributed by atoms with E-state index in [1.54, 1.807) is 26.0 Å². The first-order chi connectivity index (χ1) is 13.4. The molecule has 28 heavy (non-hydrogen) atoms. The van der Waals surface area contributed by atoms with Crippen LogP contribution in [0.2, 0.25) is 0 Å². The molecule has 0 saturated carbocycles. The number of halogens is 1. The van der Waals surface area contributed by atoms with Crippen LogP contribution in [0.1, 0.15) is 30.9 Å². The summed E-state index contributed by atoms with van der Waals surface area (Å²) in [6.45, 7) is 4.36. The van der Waals surface area contributed by atoms with Crippen LogP contribution in [0.5, 0.6) is 11.8 Å². The second kappa shape index (κ2) is 8.64. The van der Waals surface area contributed by atoms with Gasteiger partial charge in [0, 0.05) is 25.9 Å². The lowest BCUT2D eigenvalue weighted by Gasteiger charge is -2.30. The fraction of sp³-hybridized carbons (Fsp3) is 0.368. The quantitative estimate of drug-likeness (QED) is 0.624. The van der Waals surface area contributed by atoms with Crippen molar-refractivity contribution in [3.63, 3.8) is 0 Å². The van der Waals surface area contributed by atoms with Crippen LogP contribution in [0.3, 0.4) is 0 Å². The summed E-state index contributed by atoms with van der Waals surface area (Å²) in [4.78, 5) is 26.0. The van der Waals surface area contributed by atoms with Gasteiger partial charge in [-0.3, -0.25) is 0 Å². The molecule has 0 spiro atoms. The number of hydrogen-bond acceptors (Lipinski definition) is 6. The first kappa shape index (κ1) is 19.5. The van der Waals surface area contributed by atoms with E-state index in [0.717, 1.165) is 5.56 Å². The molecule has 1 aromatic carbocycles. The maximum absolute atomic E-state index is 13.0. The number of amides is 1. The molecule has 0 aliphatic carbocycles. The molecule has 0 radical (unpaired) electrons. The fourth-order valence-electron chi connectivity index (χ4n) is 2.81. The van der Waals surface area contributed by atoms with Gasteiger partial charge < -0.3 is 19.6 Å². The van der Waals surface area contributed by atoms with Gasteiger partial charge in [0.1, 0.15) is 18.2 Å². The number of oxime groups is 1. The molecule has 1 saturated heterocycles. The maximum Gasteiger partial charge on any atom is 0.407 e. The van der Waals surface area contributed by atoms with Crippen molar-refractivity contribution in [2.75, 3.05) is 13.1 Å². The van der Waals surface area contributed by atoms with Crippen LogP contribution in [-0.4, -0.2) is 51.0 Å². The van der Waals surface area contributed by atoms with Crippen molar-refractivity contribution >= 4 is 11.8 Å². The minimum Gasteiger partial charge on any atom is -0.474 e. The Bertz CT molecular complexity index is 865. The molecule has 1 amide bonds. The molecular formula is C19H21FN4O4. The number of carbonyl (C=O) groups is 1. The Kier molecular flexibility index (Phi) is 6.03. The van der Waals surface area contributed by atoms with Gasteiger partial charge in [0.25, 0.3) is 5.88 Å². The summed E-state index contributed by atoms with van der Waals surface area (Å²) in [5.74, 6) is 0.322. The van der Waals surface area contributed by atoms with Crippen LogP contribution >= 0.6 is 0 Å². The Balaban J connectivity index is 1.65. The highest BCUT2D eigenvalue weighted by molar-refractivity contribution is 5.98. The van der Waals surface area contributed by atoms with Crippen molar-refractivity contribution in [1.82, 2.24) is 14.9 Å². The largest absolute Gasteiger partial charge is 0.474 e. The summed E-state index contributed by atoms with van der Waals surface area (Å²) < 4.78 is 18.9. The van der Waals surface area contributed by atoms with Gasteiger partial charge in [-0.25, -0.2) is 14.2 Å². The predicted octanol–water partition coefficient (Wildman–Crippen LogP) is 3.25. The van der Waals surface area contributed by atoms with E-state index in [2.05, 4.69) is 15.1 Å². The van der Waals surface area contributed by atoms with Crippen LogP contribution in [0, 0.1) is 12.7 Å². The zero-order valence-corrected chi connectivity index (χ0v) is 15.6. The van der Waals surface area contributed by atoms with Crippen molar-refractivity contribution in [3.05, 3.63) is 47.5 Å². The lowest BCUT2D eigenvalue weighted by molar-refractivity contribution is 0.0863. The van der Waals surface area contributed by atoms with E-state index >= 15 is 0 Å². The first-order valence-corrected chi connectivity index (χ1v) is 8.87. The Morgan fingerprint density at radius 3 is 2.50 bits per heavy atom. The van der Waals surface area contributed by atoms with Crippen molar-refractivity contribution in [2.24, 2.45) is 5.16 Å². The lowest BCUT2D eigenvalue weighted by atomic mass is 10.1. The lowest BCUT2D eigenvalue weighted by Crippen LogP contribution is -2.41. The van der Waals surface area contributed by atoms with Gasteiger partial charge in [0.15, 0.2) is 0 Å². The molecule has 0 atom stereocenters. The summed E-state index contributed by atoms with van der Waals surface area (Å²) >= 11 is 0. The Hall–Kier alpha value is -3.23. The zero-order valence-electron chi connectivity index (χ0n) is 15.6. The van der Waals surface area contributed by atoms with Crippen LogP contribution in [0.15, 0.2) is 35.7 Å². The average molecular weight is 388 g/mol. The molecule has 8 nitrogen and oxygen atoms in total. The minimum atomic E-state index is -0.915. The highest BCUT2D eigenvalue weighted by Crippen LogP contribution is 2.26. The van der Waals surface area contributed by atoms with Crippen LogP contribution in [0.4, 0.5) is 9.18 Å². The third-order valence-electron chi connectivity index (χ3n) is 4.51. The van der Waals surface area contributed by atoms with E-state index in [-0.39, 0.29) is 17.8 Å². The van der Waals surface area contributed by atoms with E-state index in [1.807, 2.05) is 0 Å². The molecule has 2 heterocycles. The third kappa shape index (κ3) is 4.73. The summed E-state index contributed by atoms with van der Waals surface area (Å²) in [6, 6.07) is 5.93. The Morgan fingerprint density at radius 1 is 1.21 bits per heavy atom. The van der Waals surface area contributed by atoms with Crippen molar-refractivity contribution < 1.29 is 23.9 Å². The van der Waals surface area contributed by atoms with E-state index in [4.69, 9.17) is 14.7 Å². The highest BCUT2D eigenvalue weighted by Gasteiger charge is 2.24. The van der Waals surface area contributed by atoms with E-state index in [9.17, 15) is 9.18 Å². The second-order valence-corrected chi connectivity index (χ2v) is 6.47. The molecule has 0 unspecified atom stereocenters. The van der Waals surface area contributed by atoms with Gasteiger partial charge >= 0.3 is 6.09 Å². The third-order valence-corrected chi connectivity index (χ3v) is 4.51. The minimum absolute atomic E-state index is 0.124. The molecule has 1 aliphatic heterocycles. The molecule has 1 N–H and O–H groups in total. The number of ether oxygens (including phenoxy) is 1. The SMILES string of the molecule is CC(=NOc1ncnc(OC2CCN(C(=O)O)CC2)c1C)c1ccc(F)cc1. The smallest absolute Gasteiger partial charge is 0.407 e. The number of nitrogens with zero attached hydrogens (tertiary/aromatic N) is 4. The molecule has 0 bridgehead atoms. The molecule has 1 fully saturated rings. The van der Waals surface area contributed by atoms with Crippen LogP contribution in [-0.2, 0) is 0 Å². The zero-order chi connectivity index (χ0) is 20.1. The number of likely N-dealkylation sites (tertiary alicyclic amines) is 1. The van der Waals surface area contributed by atoms with Gasteiger partial charge in [0.2, 0.25) is 5.88 Å². The van der Waals surface area contributed by atoms with Gasteiger partial charge in [-0.1, -0.05) is 17.3 Å². The van der Waals surface area contributed by atoms with E-state index in [1.165, 1.54) is 23.4 Å². The number of carboxylic acid groups (broad SMARTS) is 1. The normalized spacial score (nSPS) is 15.4. The fourth-order valence-corrected chi connectivity index (χ4v) is 2.81. The van der Waals surface area contributed by atoms with E-state index in [0.29, 0.717) is 43.1 Å². The molecule has 148 valence electrons. The molecule has 3 rings (SSSR count). The monoisotopic (exact) mass is 388 g/mol. The van der Waals surface area contributed by atoms with E-state index < -0.39 is 6.09 Å². The van der Waals surface area contributed by atoms with Crippen molar-refractivity contribution in [1.29, 1.82) is 0 Å². The van der Waals surface area contributed by atoms with Gasteiger partial charge in [-0.15, -0.1) is 0 Å². The summed E-state index contributed by atoms with van der Waals surface area (Å²) in [7, 11) is 0.